The maximum atomic E-state index is 12.8. The predicted octanol–water partition coefficient (Wildman–Crippen LogP) is 2.22. The molecule has 0 spiro atoms. The van der Waals surface area contributed by atoms with Gasteiger partial charge in [-0.3, -0.25) is 0 Å². The summed E-state index contributed by atoms with van der Waals surface area (Å²) in [6, 6.07) is 8.67. The first kappa shape index (κ1) is 10.7. The van der Waals surface area contributed by atoms with Crippen LogP contribution in [-0.2, 0) is 6.54 Å². The van der Waals surface area contributed by atoms with Crippen molar-refractivity contribution in [3.05, 3.63) is 35.6 Å². The minimum atomic E-state index is -0.225. The quantitative estimate of drug-likeness (QED) is 0.794. The van der Waals surface area contributed by atoms with Gasteiger partial charge in [0.25, 0.3) is 0 Å². The van der Waals surface area contributed by atoms with Gasteiger partial charge in [0.2, 0.25) is 0 Å². The first-order valence-corrected chi connectivity index (χ1v) is 4.57. The summed E-state index contributed by atoms with van der Waals surface area (Å²) in [7, 11) is 0. The van der Waals surface area contributed by atoms with E-state index >= 15 is 0 Å². The van der Waals surface area contributed by atoms with Crippen LogP contribution in [-0.4, -0.2) is 6.04 Å². The van der Waals surface area contributed by atoms with E-state index in [2.05, 4.69) is 11.4 Å². The number of nitrogens with one attached hydrogen (secondary N) is 1. The maximum absolute atomic E-state index is 12.8. The normalized spacial score (nSPS) is 12.1. The molecular formula is C11H13FN2. The molecule has 1 atom stereocenters. The van der Waals surface area contributed by atoms with E-state index < -0.39 is 0 Å². The number of nitrogens with zero attached hydrogens (tertiary/aromatic N) is 1. The summed E-state index contributed by atoms with van der Waals surface area (Å²) in [5, 5.41) is 11.6. The van der Waals surface area contributed by atoms with Crippen LogP contribution in [0.2, 0.25) is 0 Å². The SMILES string of the molecule is C[C@H](CC#N)NCc1cccc(F)c1. The summed E-state index contributed by atoms with van der Waals surface area (Å²) in [4.78, 5) is 0. The average molecular weight is 192 g/mol. The predicted molar refractivity (Wildman–Crippen MR) is 52.9 cm³/mol. The highest BCUT2D eigenvalue weighted by molar-refractivity contribution is 5.16. The maximum Gasteiger partial charge on any atom is 0.123 e. The topological polar surface area (TPSA) is 35.8 Å². The Morgan fingerprint density at radius 1 is 1.57 bits per heavy atom. The fourth-order valence-corrected chi connectivity index (χ4v) is 1.15. The zero-order valence-corrected chi connectivity index (χ0v) is 8.13. The molecule has 0 aliphatic carbocycles. The highest BCUT2D eigenvalue weighted by atomic mass is 19.1. The zero-order chi connectivity index (χ0) is 10.4. The van der Waals surface area contributed by atoms with E-state index in [1.807, 2.05) is 13.0 Å². The van der Waals surface area contributed by atoms with E-state index in [0.717, 1.165) is 5.56 Å². The lowest BCUT2D eigenvalue weighted by atomic mass is 10.2. The highest BCUT2D eigenvalue weighted by Gasteiger charge is 2.00. The van der Waals surface area contributed by atoms with Crippen molar-refractivity contribution in [2.75, 3.05) is 0 Å². The van der Waals surface area contributed by atoms with Gasteiger partial charge in [-0.15, -0.1) is 0 Å². The first-order valence-electron chi connectivity index (χ1n) is 4.57. The molecule has 0 saturated carbocycles. The minimum Gasteiger partial charge on any atom is -0.309 e. The van der Waals surface area contributed by atoms with Crippen molar-refractivity contribution in [3.63, 3.8) is 0 Å². The molecular weight excluding hydrogens is 179 g/mol. The van der Waals surface area contributed by atoms with Gasteiger partial charge in [0.1, 0.15) is 5.82 Å². The van der Waals surface area contributed by atoms with Crippen LogP contribution in [0.1, 0.15) is 18.9 Å². The van der Waals surface area contributed by atoms with Gasteiger partial charge in [0.15, 0.2) is 0 Å². The molecule has 1 N–H and O–H groups in total. The van der Waals surface area contributed by atoms with Gasteiger partial charge < -0.3 is 5.32 Å². The molecule has 0 aromatic heterocycles. The van der Waals surface area contributed by atoms with Crippen LogP contribution in [0.15, 0.2) is 24.3 Å². The van der Waals surface area contributed by atoms with Crippen LogP contribution in [0.4, 0.5) is 4.39 Å². The number of halogens is 1. The Kier molecular flexibility index (Phi) is 4.09. The Labute approximate surface area is 83.4 Å². The van der Waals surface area contributed by atoms with Crippen molar-refractivity contribution < 1.29 is 4.39 Å². The second-order valence-corrected chi connectivity index (χ2v) is 3.27. The Hall–Kier alpha value is -1.40. The van der Waals surface area contributed by atoms with Gasteiger partial charge in [-0.05, 0) is 24.6 Å². The van der Waals surface area contributed by atoms with Crippen molar-refractivity contribution in [2.45, 2.75) is 25.9 Å². The largest absolute Gasteiger partial charge is 0.309 e. The Morgan fingerprint density at radius 2 is 2.36 bits per heavy atom. The Balaban J connectivity index is 2.42. The molecule has 74 valence electrons. The van der Waals surface area contributed by atoms with Crippen LogP contribution in [0.25, 0.3) is 0 Å². The zero-order valence-electron chi connectivity index (χ0n) is 8.13. The number of hydrogen-bond acceptors (Lipinski definition) is 2. The highest BCUT2D eigenvalue weighted by Crippen LogP contribution is 2.03. The number of nitriles is 1. The van der Waals surface area contributed by atoms with Crippen LogP contribution in [0.5, 0.6) is 0 Å². The van der Waals surface area contributed by atoms with Gasteiger partial charge in [-0.2, -0.15) is 5.26 Å². The lowest BCUT2D eigenvalue weighted by molar-refractivity contribution is 0.553. The molecule has 0 heterocycles. The van der Waals surface area contributed by atoms with Gasteiger partial charge in [0.05, 0.1) is 12.5 Å². The summed E-state index contributed by atoms with van der Waals surface area (Å²) in [5.74, 6) is -0.225. The van der Waals surface area contributed by atoms with E-state index in [1.54, 1.807) is 6.07 Å². The van der Waals surface area contributed by atoms with Crippen molar-refractivity contribution in [2.24, 2.45) is 0 Å². The van der Waals surface area contributed by atoms with E-state index in [4.69, 9.17) is 5.26 Å². The van der Waals surface area contributed by atoms with E-state index in [9.17, 15) is 4.39 Å². The smallest absolute Gasteiger partial charge is 0.123 e. The molecule has 14 heavy (non-hydrogen) atoms. The number of hydrogen-bond donors (Lipinski definition) is 1. The summed E-state index contributed by atoms with van der Waals surface area (Å²) in [6.07, 6.45) is 0.468. The summed E-state index contributed by atoms with van der Waals surface area (Å²) < 4.78 is 12.8. The molecule has 0 amide bonds. The van der Waals surface area contributed by atoms with Gasteiger partial charge in [0, 0.05) is 12.6 Å². The summed E-state index contributed by atoms with van der Waals surface area (Å²) >= 11 is 0. The lowest BCUT2D eigenvalue weighted by Crippen LogP contribution is -2.24. The molecule has 0 aliphatic heterocycles. The molecule has 0 bridgehead atoms. The van der Waals surface area contributed by atoms with Crippen molar-refractivity contribution in [1.82, 2.24) is 5.32 Å². The Bertz CT molecular complexity index is 330. The third-order valence-electron chi connectivity index (χ3n) is 1.94. The van der Waals surface area contributed by atoms with Crippen molar-refractivity contribution in [3.8, 4) is 6.07 Å². The Morgan fingerprint density at radius 3 is 3.00 bits per heavy atom. The molecule has 2 nitrogen and oxygen atoms in total. The molecule has 1 aromatic rings. The molecule has 1 aromatic carbocycles. The molecule has 0 aliphatic rings. The van der Waals surface area contributed by atoms with Crippen LogP contribution in [0, 0.1) is 17.1 Å². The second-order valence-electron chi connectivity index (χ2n) is 3.27. The van der Waals surface area contributed by atoms with Crippen molar-refractivity contribution in [1.29, 1.82) is 5.26 Å². The average Bonchev–Trinajstić information content (AvgIpc) is 2.15. The minimum absolute atomic E-state index is 0.142. The summed E-state index contributed by atoms with van der Waals surface area (Å²) in [5.41, 5.74) is 0.898. The molecule has 0 fully saturated rings. The fraction of sp³-hybridized carbons (Fsp3) is 0.364. The van der Waals surface area contributed by atoms with E-state index in [-0.39, 0.29) is 11.9 Å². The molecule has 0 unspecified atom stereocenters. The van der Waals surface area contributed by atoms with Gasteiger partial charge >= 0.3 is 0 Å². The second kappa shape index (κ2) is 5.36. The number of benzene rings is 1. The lowest BCUT2D eigenvalue weighted by Gasteiger charge is -2.09. The van der Waals surface area contributed by atoms with E-state index in [1.165, 1.54) is 12.1 Å². The summed E-state index contributed by atoms with van der Waals surface area (Å²) in [6.45, 7) is 2.53. The third-order valence-corrected chi connectivity index (χ3v) is 1.94. The number of rotatable bonds is 4. The van der Waals surface area contributed by atoms with Crippen LogP contribution >= 0.6 is 0 Å². The van der Waals surface area contributed by atoms with Crippen molar-refractivity contribution >= 4 is 0 Å². The monoisotopic (exact) mass is 192 g/mol. The standard InChI is InChI=1S/C11H13FN2/c1-9(5-6-13)14-8-10-3-2-4-11(12)7-10/h2-4,7,9,14H,5,8H2,1H3/t9-/m1/s1. The molecule has 3 heteroatoms. The molecule has 0 saturated heterocycles. The third kappa shape index (κ3) is 3.55. The van der Waals surface area contributed by atoms with E-state index in [0.29, 0.717) is 13.0 Å². The fourth-order valence-electron chi connectivity index (χ4n) is 1.15. The molecule has 0 radical (unpaired) electrons. The van der Waals surface area contributed by atoms with Crippen LogP contribution < -0.4 is 5.32 Å². The first-order chi connectivity index (χ1) is 6.72. The van der Waals surface area contributed by atoms with Gasteiger partial charge in [-0.1, -0.05) is 12.1 Å². The van der Waals surface area contributed by atoms with Gasteiger partial charge in [-0.25, -0.2) is 4.39 Å². The van der Waals surface area contributed by atoms with Crippen LogP contribution in [0.3, 0.4) is 0 Å². The molecule has 1 rings (SSSR count).